The van der Waals surface area contributed by atoms with E-state index in [9.17, 15) is 0 Å². The van der Waals surface area contributed by atoms with Gasteiger partial charge in [0.25, 0.3) is 0 Å². The minimum absolute atomic E-state index is 0.378. The number of hydrogen-bond acceptors (Lipinski definition) is 1. The number of hydrogen-bond donors (Lipinski definition) is 0. The molecule has 1 fully saturated rings. The molecule has 1 aliphatic rings. The van der Waals surface area contributed by atoms with Gasteiger partial charge in [0, 0.05) is 0 Å². The highest BCUT2D eigenvalue weighted by atomic mass is 16.5. The number of rotatable bonds is 3. The van der Waals surface area contributed by atoms with Crippen LogP contribution in [0.4, 0.5) is 0 Å². The molecule has 12 heavy (non-hydrogen) atoms. The molecule has 1 nitrogen and oxygen atoms in total. The van der Waals surface area contributed by atoms with Crippen LogP contribution in [0.25, 0.3) is 0 Å². The van der Waals surface area contributed by atoms with Gasteiger partial charge in [0.15, 0.2) is 0 Å². The standard InChI is InChI=1S/C11H20O/c1-9(2)12-10(3)11-7-5-4-6-8-11/h10-11H,1,4-8H2,2-3H3. The summed E-state index contributed by atoms with van der Waals surface area (Å²) < 4.78 is 5.60. The first-order chi connectivity index (χ1) is 5.70. The van der Waals surface area contributed by atoms with Crippen LogP contribution in [0.3, 0.4) is 0 Å². The zero-order valence-corrected chi connectivity index (χ0v) is 8.31. The van der Waals surface area contributed by atoms with Crippen LogP contribution < -0.4 is 0 Å². The molecule has 1 rings (SSSR count). The third-order valence-corrected chi connectivity index (χ3v) is 2.70. The summed E-state index contributed by atoms with van der Waals surface area (Å²) in [6, 6.07) is 0. The Hall–Kier alpha value is -0.460. The van der Waals surface area contributed by atoms with Crippen molar-refractivity contribution in [2.45, 2.75) is 52.1 Å². The summed E-state index contributed by atoms with van der Waals surface area (Å²) in [5.41, 5.74) is 0. The van der Waals surface area contributed by atoms with Crippen LogP contribution in [0.2, 0.25) is 0 Å². The third kappa shape index (κ3) is 2.88. The molecule has 1 unspecified atom stereocenters. The minimum atomic E-state index is 0.378. The Labute approximate surface area is 75.8 Å². The van der Waals surface area contributed by atoms with Crippen molar-refractivity contribution in [3.05, 3.63) is 12.3 Å². The van der Waals surface area contributed by atoms with Crippen LogP contribution in [-0.2, 0) is 4.74 Å². The Bertz CT molecular complexity index is 145. The van der Waals surface area contributed by atoms with Crippen LogP contribution in [0, 0.1) is 5.92 Å². The van der Waals surface area contributed by atoms with Crippen molar-refractivity contribution in [2.24, 2.45) is 5.92 Å². The molecule has 0 spiro atoms. The fourth-order valence-corrected chi connectivity index (χ4v) is 2.02. The highest BCUT2D eigenvalue weighted by Crippen LogP contribution is 2.28. The molecule has 0 saturated heterocycles. The second kappa shape index (κ2) is 4.54. The summed E-state index contributed by atoms with van der Waals surface area (Å²) in [6.07, 6.45) is 7.24. The molecule has 0 heterocycles. The molecule has 0 bridgehead atoms. The Kier molecular flexibility index (Phi) is 3.64. The van der Waals surface area contributed by atoms with Crippen molar-refractivity contribution in [3.63, 3.8) is 0 Å². The largest absolute Gasteiger partial charge is 0.496 e. The van der Waals surface area contributed by atoms with Gasteiger partial charge in [-0.2, -0.15) is 0 Å². The molecule has 70 valence electrons. The molecule has 1 aliphatic carbocycles. The van der Waals surface area contributed by atoms with Gasteiger partial charge in [-0.15, -0.1) is 0 Å². The summed E-state index contributed by atoms with van der Waals surface area (Å²) in [5, 5.41) is 0. The normalized spacial score (nSPS) is 21.8. The van der Waals surface area contributed by atoms with Crippen molar-refractivity contribution in [3.8, 4) is 0 Å². The second-order valence-corrected chi connectivity index (χ2v) is 3.92. The summed E-state index contributed by atoms with van der Waals surface area (Å²) in [7, 11) is 0. The highest BCUT2D eigenvalue weighted by Gasteiger charge is 2.20. The maximum absolute atomic E-state index is 5.60. The first-order valence-electron chi connectivity index (χ1n) is 5.02. The van der Waals surface area contributed by atoms with Gasteiger partial charge in [-0.25, -0.2) is 0 Å². The lowest BCUT2D eigenvalue weighted by Gasteiger charge is -2.28. The predicted molar refractivity (Wildman–Crippen MR) is 51.9 cm³/mol. The van der Waals surface area contributed by atoms with Crippen LogP contribution in [-0.4, -0.2) is 6.10 Å². The molecule has 0 N–H and O–H groups in total. The van der Waals surface area contributed by atoms with Gasteiger partial charge in [-0.3, -0.25) is 0 Å². The van der Waals surface area contributed by atoms with E-state index in [4.69, 9.17) is 4.74 Å². The molecule has 0 aliphatic heterocycles. The molecule has 0 aromatic rings. The van der Waals surface area contributed by atoms with Crippen molar-refractivity contribution < 1.29 is 4.74 Å². The Morgan fingerprint density at radius 3 is 2.42 bits per heavy atom. The van der Waals surface area contributed by atoms with Gasteiger partial charge in [0.1, 0.15) is 0 Å². The van der Waals surface area contributed by atoms with Gasteiger partial charge in [0.2, 0.25) is 0 Å². The maximum atomic E-state index is 5.60. The zero-order chi connectivity index (χ0) is 8.97. The molecular formula is C11H20O. The second-order valence-electron chi connectivity index (χ2n) is 3.92. The smallest absolute Gasteiger partial charge is 0.0982 e. The molecule has 1 atom stereocenters. The van der Waals surface area contributed by atoms with E-state index in [2.05, 4.69) is 13.5 Å². The van der Waals surface area contributed by atoms with E-state index in [1.54, 1.807) is 0 Å². The fraction of sp³-hybridized carbons (Fsp3) is 0.818. The molecule has 0 radical (unpaired) electrons. The van der Waals surface area contributed by atoms with Crippen molar-refractivity contribution >= 4 is 0 Å². The predicted octanol–water partition coefficient (Wildman–Crippen LogP) is 3.51. The molecule has 0 aromatic carbocycles. The lowest BCUT2D eigenvalue weighted by atomic mass is 9.86. The van der Waals surface area contributed by atoms with E-state index < -0.39 is 0 Å². The topological polar surface area (TPSA) is 9.23 Å². The summed E-state index contributed by atoms with van der Waals surface area (Å²) >= 11 is 0. The van der Waals surface area contributed by atoms with Crippen molar-refractivity contribution in [1.82, 2.24) is 0 Å². The quantitative estimate of drug-likeness (QED) is 0.586. The van der Waals surface area contributed by atoms with E-state index in [0.29, 0.717) is 6.10 Å². The summed E-state index contributed by atoms with van der Waals surface area (Å²) in [5.74, 6) is 1.63. The van der Waals surface area contributed by atoms with Gasteiger partial charge >= 0.3 is 0 Å². The SMILES string of the molecule is C=C(C)OC(C)C1CCCCC1. The summed E-state index contributed by atoms with van der Waals surface area (Å²) in [6.45, 7) is 7.87. The zero-order valence-electron chi connectivity index (χ0n) is 8.31. The van der Waals surface area contributed by atoms with Gasteiger partial charge < -0.3 is 4.74 Å². The van der Waals surface area contributed by atoms with Crippen LogP contribution in [0.15, 0.2) is 12.3 Å². The first kappa shape index (κ1) is 9.63. The average Bonchev–Trinajstić information content (AvgIpc) is 2.05. The molecule has 1 saturated carbocycles. The highest BCUT2D eigenvalue weighted by molar-refractivity contribution is 4.79. The third-order valence-electron chi connectivity index (χ3n) is 2.70. The number of ether oxygens (including phenoxy) is 1. The Morgan fingerprint density at radius 2 is 1.92 bits per heavy atom. The van der Waals surface area contributed by atoms with Crippen LogP contribution in [0.5, 0.6) is 0 Å². The molecule has 0 aromatic heterocycles. The van der Waals surface area contributed by atoms with E-state index in [1.807, 2.05) is 6.92 Å². The lowest BCUT2D eigenvalue weighted by molar-refractivity contribution is 0.0630. The van der Waals surface area contributed by atoms with Crippen molar-refractivity contribution in [2.75, 3.05) is 0 Å². The van der Waals surface area contributed by atoms with E-state index in [0.717, 1.165) is 11.7 Å². The lowest BCUT2D eigenvalue weighted by Crippen LogP contribution is -2.22. The fourth-order valence-electron chi connectivity index (χ4n) is 2.02. The van der Waals surface area contributed by atoms with Gasteiger partial charge in [0.05, 0.1) is 11.9 Å². The van der Waals surface area contributed by atoms with Crippen molar-refractivity contribution in [1.29, 1.82) is 0 Å². The summed E-state index contributed by atoms with van der Waals surface area (Å²) in [4.78, 5) is 0. The number of allylic oxidation sites excluding steroid dienone is 1. The maximum Gasteiger partial charge on any atom is 0.0982 e. The molecule has 0 amide bonds. The van der Waals surface area contributed by atoms with E-state index >= 15 is 0 Å². The van der Waals surface area contributed by atoms with Gasteiger partial charge in [-0.05, 0) is 32.6 Å². The van der Waals surface area contributed by atoms with E-state index in [-0.39, 0.29) is 0 Å². The van der Waals surface area contributed by atoms with E-state index in [1.165, 1.54) is 32.1 Å². The minimum Gasteiger partial charge on any atom is -0.496 e. The van der Waals surface area contributed by atoms with Crippen LogP contribution in [0.1, 0.15) is 46.0 Å². The average molecular weight is 168 g/mol. The first-order valence-corrected chi connectivity index (χ1v) is 5.02. The molecular weight excluding hydrogens is 148 g/mol. The Morgan fingerprint density at radius 1 is 1.33 bits per heavy atom. The monoisotopic (exact) mass is 168 g/mol. The molecule has 1 heteroatoms. The Balaban J connectivity index is 2.29. The van der Waals surface area contributed by atoms with Crippen LogP contribution >= 0.6 is 0 Å². The van der Waals surface area contributed by atoms with Gasteiger partial charge in [-0.1, -0.05) is 25.8 Å².